The molecular weight excluding hydrogens is 412 g/mol. The van der Waals surface area contributed by atoms with E-state index in [1.54, 1.807) is 12.3 Å². The summed E-state index contributed by atoms with van der Waals surface area (Å²) < 4.78 is 5.79. The first kappa shape index (κ1) is 21.5. The number of anilines is 1. The molecule has 0 spiro atoms. The van der Waals surface area contributed by atoms with E-state index in [9.17, 15) is 9.59 Å². The zero-order chi connectivity index (χ0) is 22.9. The smallest absolute Gasteiger partial charge is 0.257 e. The van der Waals surface area contributed by atoms with Crippen molar-refractivity contribution in [1.29, 1.82) is 0 Å². The Morgan fingerprint density at radius 3 is 2.48 bits per heavy atom. The highest BCUT2D eigenvalue weighted by Crippen LogP contribution is 2.34. The highest BCUT2D eigenvalue weighted by atomic mass is 16.3. The molecule has 5 nitrogen and oxygen atoms in total. The van der Waals surface area contributed by atoms with E-state index < -0.39 is 0 Å². The van der Waals surface area contributed by atoms with Crippen LogP contribution in [-0.2, 0) is 13.0 Å². The molecule has 1 fully saturated rings. The first-order chi connectivity index (χ1) is 16.0. The Balaban J connectivity index is 1.24. The zero-order valence-electron chi connectivity index (χ0n) is 19.3. The number of para-hydroxylation sites is 1. The molecule has 0 N–H and O–H groups in total. The van der Waals surface area contributed by atoms with E-state index in [1.807, 2.05) is 36.1 Å². The summed E-state index contributed by atoms with van der Waals surface area (Å²) in [6.07, 6.45) is 4.01. The molecule has 5 rings (SSSR count). The van der Waals surface area contributed by atoms with Crippen molar-refractivity contribution in [3.8, 4) is 0 Å². The number of benzene rings is 2. The third-order valence-electron chi connectivity index (χ3n) is 7.13. The summed E-state index contributed by atoms with van der Waals surface area (Å²) in [5, 5.41) is 0. The maximum absolute atomic E-state index is 13.3. The molecular formula is C28H30N2O3. The Hall–Kier alpha value is -3.34. The predicted molar refractivity (Wildman–Crippen MR) is 129 cm³/mol. The summed E-state index contributed by atoms with van der Waals surface area (Å²) in [5.74, 6) is 0.872. The van der Waals surface area contributed by atoms with Crippen molar-refractivity contribution in [2.24, 2.45) is 5.92 Å². The summed E-state index contributed by atoms with van der Waals surface area (Å²) in [4.78, 5) is 30.4. The van der Waals surface area contributed by atoms with Gasteiger partial charge in [0.2, 0.25) is 0 Å². The topological polar surface area (TPSA) is 53.8 Å². The highest BCUT2D eigenvalue weighted by Gasteiger charge is 2.32. The lowest BCUT2D eigenvalue weighted by atomic mass is 9.88. The number of rotatable bonds is 5. The van der Waals surface area contributed by atoms with Gasteiger partial charge < -0.3 is 14.2 Å². The summed E-state index contributed by atoms with van der Waals surface area (Å²) >= 11 is 0. The average Bonchev–Trinajstić information content (AvgIpc) is 3.43. The van der Waals surface area contributed by atoms with Crippen molar-refractivity contribution in [1.82, 2.24) is 4.90 Å². The molecule has 1 aromatic heterocycles. The molecule has 5 heteroatoms. The van der Waals surface area contributed by atoms with Gasteiger partial charge in [0.05, 0.1) is 18.4 Å². The quantitative estimate of drug-likeness (QED) is 0.505. The van der Waals surface area contributed by atoms with Crippen LogP contribution in [0.1, 0.15) is 57.4 Å². The summed E-state index contributed by atoms with van der Waals surface area (Å²) in [6, 6.07) is 18.4. The Morgan fingerprint density at radius 1 is 1.00 bits per heavy atom. The van der Waals surface area contributed by atoms with Crippen LogP contribution in [-0.4, -0.2) is 35.7 Å². The SMILES string of the molecule is Cc1ccc(C(=O)C2CCN(C(=O)c3ccoc3CN3c4ccccc4CC3C)CC2)cc1. The van der Waals surface area contributed by atoms with E-state index >= 15 is 0 Å². The normalized spacial score (nSPS) is 18.4. The van der Waals surface area contributed by atoms with Crippen LogP contribution in [0, 0.1) is 12.8 Å². The summed E-state index contributed by atoms with van der Waals surface area (Å²) in [7, 11) is 0. The van der Waals surface area contributed by atoms with Crippen molar-refractivity contribution in [3.63, 3.8) is 0 Å². The number of fused-ring (bicyclic) bond motifs is 1. The van der Waals surface area contributed by atoms with E-state index in [4.69, 9.17) is 4.42 Å². The van der Waals surface area contributed by atoms with Crippen LogP contribution in [0.2, 0.25) is 0 Å². The second-order valence-corrected chi connectivity index (χ2v) is 9.36. The predicted octanol–water partition coefficient (Wildman–Crippen LogP) is 5.27. The Kier molecular flexibility index (Phi) is 5.79. The van der Waals surface area contributed by atoms with Crippen molar-refractivity contribution in [2.45, 2.75) is 45.7 Å². The molecule has 170 valence electrons. The second-order valence-electron chi connectivity index (χ2n) is 9.36. The van der Waals surface area contributed by atoms with Crippen LogP contribution in [0.5, 0.6) is 0 Å². The number of likely N-dealkylation sites (tertiary alicyclic amines) is 1. The minimum absolute atomic E-state index is 0.000111. The maximum atomic E-state index is 13.3. The summed E-state index contributed by atoms with van der Waals surface area (Å²) in [5.41, 5.74) is 5.10. The molecule has 1 amide bonds. The number of aryl methyl sites for hydroxylation is 1. The first-order valence-electron chi connectivity index (χ1n) is 11.8. The second kappa shape index (κ2) is 8.89. The van der Waals surface area contributed by atoms with Crippen LogP contribution in [0.25, 0.3) is 0 Å². The Labute approximate surface area is 195 Å². The van der Waals surface area contributed by atoms with Gasteiger partial charge in [0, 0.05) is 36.3 Å². The van der Waals surface area contributed by atoms with Crippen LogP contribution in [0.3, 0.4) is 0 Å². The maximum Gasteiger partial charge on any atom is 0.257 e. The van der Waals surface area contributed by atoms with Crippen molar-refractivity contribution < 1.29 is 14.0 Å². The molecule has 0 aliphatic carbocycles. The largest absolute Gasteiger partial charge is 0.467 e. The van der Waals surface area contributed by atoms with Crippen LogP contribution < -0.4 is 4.90 Å². The van der Waals surface area contributed by atoms with Gasteiger partial charge in [0.25, 0.3) is 5.91 Å². The number of hydrogen-bond acceptors (Lipinski definition) is 4. The molecule has 0 bridgehead atoms. The van der Waals surface area contributed by atoms with Gasteiger partial charge >= 0.3 is 0 Å². The molecule has 0 saturated carbocycles. The van der Waals surface area contributed by atoms with Gasteiger partial charge in [-0.05, 0) is 50.8 Å². The molecule has 2 aromatic carbocycles. The number of carbonyl (C=O) groups excluding carboxylic acids is 2. The molecule has 1 saturated heterocycles. The van der Waals surface area contributed by atoms with Crippen LogP contribution >= 0.6 is 0 Å². The number of amides is 1. The lowest BCUT2D eigenvalue weighted by Crippen LogP contribution is -2.40. The van der Waals surface area contributed by atoms with Gasteiger partial charge in [-0.2, -0.15) is 0 Å². The molecule has 3 aromatic rings. The number of piperidine rings is 1. The fraction of sp³-hybridized carbons (Fsp3) is 0.357. The third kappa shape index (κ3) is 4.20. The van der Waals surface area contributed by atoms with Crippen molar-refractivity contribution in [3.05, 3.63) is 88.9 Å². The minimum Gasteiger partial charge on any atom is -0.467 e. The lowest BCUT2D eigenvalue weighted by molar-refractivity contribution is 0.0648. The van der Waals surface area contributed by atoms with Crippen LogP contribution in [0.4, 0.5) is 5.69 Å². The van der Waals surface area contributed by atoms with Crippen molar-refractivity contribution in [2.75, 3.05) is 18.0 Å². The molecule has 33 heavy (non-hydrogen) atoms. The zero-order valence-corrected chi connectivity index (χ0v) is 19.3. The summed E-state index contributed by atoms with van der Waals surface area (Å²) in [6.45, 7) is 5.99. The number of ketones is 1. The van der Waals surface area contributed by atoms with E-state index in [1.165, 1.54) is 11.3 Å². The third-order valence-corrected chi connectivity index (χ3v) is 7.13. The molecule has 1 unspecified atom stereocenters. The molecule has 0 radical (unpaired) electrons. The number of nitrogens with zero attached hydrogens (tertiary/aromatic N) is 2. The fourth-order valence-electron chi connectivity index (χ4n) is 5.15. The van der Waals surface area contributed by atoms with Crippen LogP contribution in [0.15, 0.2) is 65.3 Å². The highest BCUT2D eigenvalue weighted by molar-refractivity contribution is 5.98. The van der Waals surface area contributed by atoms with Gasteiger partial charge in [-0.1, -0.05) is 48.0 Å². The molecule has 3 heterocycles. The Morgan fingerprint density at radius 2 is 1.73 bits per heavy atom. The van der Waals surface area contributed by atoms with Crippen molar-refractivity contribution >= 4 is 17.4 Å². The number of Topliss-reactive ketones (excluding diaryl/α,β-unsaturated/α-hetero) is 1. The average molecular weight is 443 g/mol. The van der Waals surface area contributed by atoms with E-state index in [0.717, 1.165) is 17.5 Å². The van der Waals surface area contributed by atoms with E-state index in [0.29, 0.717) is 49.8 Å². The van der Waals surface area contributed by atoms with Gasteiger partial charge in [-0.25, -0.2) is 0 Å². The monoisotopic (exact) mass is 442 g/mol. The van der Waals surface area contributed by atoms with Gasteiger partial charge in [-0.3, -0.25) is 9.59 Å². The fourth-order valence-corrected chi connectivity index (χ4v) is 5.15. The molecule has 2 aliphatic rings. The van der Waals surface area contributed by atoms with Gasteiger partial charge in [-0.15, -0.1) is 0 Å². The number of hydrogen-bond donors (Lipinski definition) is 0. The van der Waals surface area contributed by atoms with Gasteiger partial charge in [0.15, 0.2) is 5.78 Å². The molecule has 2 aliphatic heterocycles. The molecule has 1 atom stereocenters. The minimum atomic E-state index is -0.0254. The number of furan rings is 1. The van der Waals surface area contributed by atoms with Gasteiger partial charge in [0.1, 0.15) is 5.76 Å². The standard InChI is InChI=1S/C28H30N2O3/c1-19-7-9-21(10-8-19)27(31)22-11-14-29(15-12-22)28(32)24-13-16-33-26(24)18-30-20(2)17-23-5-3-4-6-25(23)30/h3-10,13,16,20,22H,11-12,14-15,17-18H2,1-2H3. The first-order valence-corrected chi connectivity index (χ1v) is 11.8. The number of carbonyl (C=O) groups is 2. The lowest BCUT2D eigenvalue weighted by Gasteiger charge is -2.31. The Bertz CT molecular complexity index is 1160. The van der Waals surface area contributed by atoms with E-state index in [2.05, 4.69) is 36.1 Å². The van der Waals surface area contributed by atoms with E-state index in [-0.39, 0.29) is 17.6 Å².